The van der Waals surface area contributed by atoms with Crippen molar-refractivity contribution in [1.29, 1.82) is 0 Å². The van der Waals surface area contributed by atoms with Crippen LogP contribution in [0.4, 0.5) is 0 Å². The highest BCUT2D eigenvalue weighted by molar-refractivity contribution is 5.78. The van der Waals surface area contributed by atoms with Crippen LogP contribution >= 0.6 is 0 Å². The Morgan fingerprint density at radius 1 is 1.18 bits per heavy atom. The molecule has 1 aliphatic carbocycles. The van der Waals surface area contributed by atoms with Crippen molar-refractivity contribution in [3.05, 3.63) is 0 Å². The van der Waals surface area contributed by atoms with Crippen LogP contribution in [0.1, 0.15) is 61.2 Å². The molecule has 1 saturated carbocycles. The van der Waals surface area contributed by atoms with E-state index in [1.165, 1.54) is 6.92 Å². The van der Waals surface area contributed by atoms with Gasteiger partial charge in [0.1, 0.15) is 6.61 Å². The van der Waals surface area contributed by atoms with Gasteiger partial charge in [-0.1, -0.05) is 40.0 Å². The molecule has 0 aromatic carbocycles. The van der Waals surface area contributed by atoms with Crippen LogP contribution < -0.4 is 22.1 Å². The number of guanidine groups is 1. The summed E-state index contributed by atoms with van der Waals surface area (Å²) in [5, 5.41) is 15.6. The minimum atomic E-state index is -1.06. The number of hydrogen-bond acceptors (Lipinski definition) is 6. The number of nitrogens with one attached hydrogen (secondary N) is 2. The van der Waals surface area contributed by atoms with Crippen molar-refractivity contribution in [1.82, 2.24) is 10.6 Å². The summed E-state index contributed by atoms with van der Waals surface area (Å²) in [7, 11) is 0. The molecule has 2 amide bonds. The highest BCUT2D eigenvalue weighted by Gasteiger charge is 2.52. The van der Waals surface area contributed by atoms with Crippen molar-refractivity contribution in [3.8, 4) is 0 Å². The topological polar surface area (TPSA) is 178 Å². The monoisotopic (exact) mass is 489 g/mol. The molecule has 0 saturated heterocycles. The summed E-state index contributed by atoms with van der Waals surface area (Å²) in [5.74, 6) is -3.20. The molecule has 0 unspecified atom stereocenters. The van der Waals surface area contributed by atoms with Crippen molar-refractivity contribution in [2.75, 3.05) is 26.4 Å². The van der Waals surface area contributed by atoms with Gasteiger partial charge in [0, 0.05) is 33.5 Å². The zero-order valence-electron chi connectivity index (χ0n) is 20.9. The highest BCUT2D eigenvalue weighted by Crippen LogP contribution is 2.41. The maximum atomic E-state index is 12.3. The summed E-state index contributed by atoms with van der Waals surface area (Å²) in [4.78, 5) is 40.8. The number of amides is 2. The second kappa shape index (κ2) is 15.5. The minimum absolute atomic E-state index is 0. The van der Waals surface area contributed by atoms with Crippen molar-refractivity contribution in [2.24, 2.45) is 34.2 Å². The summed E-state index contributed by atoms with van der Waals surface area (Å²) >= 11 is 0. The number of unbranched alkanes of at least 4 members (excludes halogenated alkanes) is 1. The maximum Gasteiger partial charge on any atom is 0.309 e. The molecule has 11 nitrogen and oxygen atoms in total. The van der Waals surface area contributed by atoms with E-state index >= 15 is 0 Å². The lowest BCUT2D eigenvalue weighted by Gasteiger charge is -2.36. The number of nitrogens with zero attached hydrogens (tertiary/aromatic N) is 1. The standard InChI is InChI=1S/C23H43N5O6.H2/c1-5-8-10-33-11-9-26-18(30)13-34-21-16(22(31)32)12-17(28-23(24)25)19(21)20(27-14(4)29)15(6-2)7-3;/h15-17,19-21H,5-13H2,1-4H3,(H,26,30)(H,27,29)(H,31,32)(H4,24,25,28);1H/t16-,17+,19+,20+,21+;/m0./s1/i;1+2. The van der Waals surface area contributed by atoms with E-state index in [2.05, 4.69) is 22.5 Å². The van der Waals surface area contributed by atoms with Crippen LogP contribution in [0.15, 0.2) is 4.99 Å². The Balaban J connectivity index is 0.0000116. The number of carboxylic acid groups (broad SMARTS) is 1. The average molecular weight is 490 g/mol. The number of rotatable bonds is 16. The van der Waals surface area contributed by atoms with E-state index in [0.29, 0.717) is 19.8 Å². The van der Waals surface area contributed by atoms with Crippen molar-refractivity contribution in [3.63, 3.8) is 0 Å². The van der Waals surface area contributed by atoms with Crippen molar-refractivity contribution >= 4 is 23.7 Å². The van der Waals surface area contributed by atoms with E-state index in [-0.39, 0.29) is 38.1 Å². The first-order valence-electron chi connectivity index (χ1n) is 12.2. The molecule has 0 aliphatic heterocycles. The van der Waals surface area contributed by atoms with E-state index in [4.69, 9.17) is 20.9 Å². The van der Waals surface area contributed by atoms with E-state index < -0.39 is 36.0 Å². The largest absolute Gasteiger partial charge is 0.481 e. The molecule has 0 spiro atoms. The Morgan fingerprint density at radius 3 is 2.38 bits per heavy atom. The Labute approximate surface area is 203 Å². The van der Waals surface area contributed by atoms with Crippen LogP contribution in [0.3, 0.4) is 0 Å². The number of nitrogens with two attached hydrogens (primary N) is 2. The molecule has 7 N–H and O–H groups in total. The molecule has 11 heteroatoms. The molecule has 0 aromatic heterocycles. The first kappa shape index (κ1) is 29.6. The van der Waals surface area contributed by atoms with E-state index in [1.54, 1.807) is 0 Å². The molecular formula is C23H45N5O6. The third kappa shape index (κ3) is 9.46. The summed E-state index contributed by atoms with van der Waals surface area (Å²) in [6, 6.07) is -0.978. The van der Waals surface area contributed by atoms with Gasteiger partial charge < -0.3 is 36.7 Å². The summed E-state index contributed by atoms with van der Waals surface area (Å²) in [5.41, 5.74) is 11.3. The number of carbonyl (C=O) groups is 3. The van der Waals surface area contributed by atoms with Gasteiger partial charge in [-0.15, -0.1) is 0 Å². The molecule has 1 aliphatic rings. The third-order valence-electron chi connectivity index (χ3n) is 6.31. The van der Waals surface area contributed by atoms with Crippen LogP contribution in [-0.2, 0) is 23.9 Å². The van der Waals surface area contributed by atoms with Crippen molar-refractivity contribution < 1.29 is 30.4 Å². The van der Waals surface area contributed by atoms with E-state index in [0.717, 1.165) is 25.7 Å². The molecule has 198 valence electrons. The number of aliphatic carboxylic acids is 1. The van der Waals surface area contributed by atoms with Crippen LogP contribution in [0.5, 0.6) is 0 Å². The Kier molecular flexibility index (Phi) is 13.5. The maximum absolute atomic E-state index is 12.3. The fourth-order valence-electron chi connectivity index (χ4n) is 4.67. The first-order valence-corrected chi connectivity index (χ1v) is 12.2. The molecule has 0 bridgehead atoms. The smallest absolute Gasteiger partial charge is 0.309 e. The Hall–Kier alpha value is -2.40. The second-order valence-corrected chi connectivity index (χ2v) is 8.77. The molecule has 1 rings (SSSR count). The van der Waals surface area contributed by atoms with Crippen LogP contribution in [0.25, 0.3) is 0 Å². The third-order valence-corrected chi connectivity index (χ3v) is 6.31. The fraction of sp³-hybridized carbons (Fsp3) is 0.826. The van der Waals surface area contributed by atoms with Gasteiger partial charge in [0.05, 0.1) is 24.7 Å². The normalized spacial score (nSPS) is 22.9. The van der Waals surface area contributed by atoms with Gasteiger partial charge in [-0.3, -0.25) is 14.4 Å². The number of aliphatic imine (C=N–C) groups is 1. The molecule has 0 aromatic rings. The number of carbonyl (C=O) groups excluding carboxylic acids is 2. The molecule has 5 atom stereocenters. The van der Waals surface area contributed by atoms with Crippen LogP contribution in [0, 0.1) is 17.8 Å². The lowest BCUT2D eigenvalue weighted by molar-refractivity contribution is -0.150. The Morgan fingerprint density at radius 2 is 1.85 bits per heavy atom. The Bertz CT molecular complexity index is 687. The van der Waals surface area contributed by atoms with E-state index in [9.17, 15) is 19.5 Å². The molecular weight excluding hydrogens is 442 g/mol. The average Bonchev–Trinajstić information content (AvgIpc) is 3.11. The van der Waals surface area contributed by atoms with Gasteiger partial charge in [0.25, 0.3) is 0 Å². The van der Waals surface area contributed by atoms with Gasteiger partial charge in [-0.25, -0.2) is 4.99 Å². The zero-order chi connectivity index (χ0) is 25.7. The van der Waals surface area contributed by atoms with E-state index in [1.807, 2.05) is 13.8 Å². The zero-order valence-corrected chi connectivity index (χ0v) is 20.9. The number of ether oxygens (including phenoxy) is 2. The molecule has 1 fully saturated rings. The quantitative estimate of drug-likeness (QED) is 0.120. The minimum Gasteiger partial charge on any atom is -0.481 e. The van der Waals surface area contributed by atoms with Gasteiger partial charge >= 0.3 is 5.97 Å². The fourth-order valence-corrected chi connectivity index (χ4v) is 4.67. The predicted octanol–water partition coefficient (Wildman–Crippen LogP) is 0.854. The number of carboxylic acids is 1. The van der Waals surface area contributed by atoms with Gasteiger partial charge in [-0.2, -0.15) is 0 Å². The van der Waals surface area contributed by atoms with Gasteiger partial charge in [0.2, 0.25) is 11.8 Å². The van der Waals surface area contributed by atoms with Crippen molar-refractivity contribution in [2.45, 2.75) is 78.0 Å². The molecule has 0 heterocycles. The lowest BCUT2D eigenvalue weighted by Crippen LogP contribution is -2.52. The summed E-state index contributed by atoms with van der Waals surface area (Å²) < 4.78 is 11.4. The van der Waals surface area contributed by atoms with Gasteiger partial charge in [0.15, 0.2) is 5.96 Å². The molecule has 0 radical (unpaired) electrons. The number of hydrogen-bond donors (Lipinski definition) is 5. The van der Waals surface area contributed by atoms with Crippen LogP contribution in [0.2, 0.25) is 0 Å². The highest BCUT2D eigenvalue weighted by atomic mass is 16.5. The lowest BCUT2D eigenvalue weighted by atomic mass is 9.80. The molecule has 34 heavy (non-hydrogen) atoms. The first-order chi connectivity index (χ1) is 16.2. The van der Waals surface area contributed by atoms with Gasteiger partial charge in [-0.05, 0) is 18.8 Å². The summed E-state index contributed by atoms with van der Waals surface area (Å²) in [6.45, 7) is 8.55. The predicted molar refractivity (Wildman–Crippen MR) is 131 cm³/mol. The SMILES string of the molecule is CCCCOCCNC(=O)CO[C@H]1[C@@H]([C@H](NC(C)=O)C(CC)CC)[C@H](N=C(N)N)C[C@@H]1C(=O)O.[3HH]. The van der Waals surface area contributed by atoms with Crippen LogP contribution in [-0.4, -0.2) is 73.4 Å². The second-order valence-electron chi connectivity index (χ2n) is 8.77. The summed E-state index contributed by atoms with van der Waals surface area (Å²) in [6.07, 6.45) is 2.80.